The highest BCUT2D eigenvalue weighted by molar-refractivity contribution is 6.30. The molecule has 0 aliphatic carbocycles. The molecule has 0 spiro atoms. The number of benzene rings is 1. The Bertz CT molecular complexity index is 890. The summed E-state index contributed by atoms with van der Waals surface area (Å²) in [5.41, 5.74) is 7.77. The molecule has 6 nitrogen and oxygen atoms in total. The second-order valence-electron chi connectivity index (χ2n) is 5.56. The molecule has 0 radical (unpaired) electrons. The molecule has 0 saturated heterocycles. The van der Waals surface area contributed by atoms with Crippen molar-refractivity contribution in [1.29, 1.82) is 0 Å². The minimum Gasteiger partial charge on any atom is -0.363 e. The number of H-pyrrole nitrogens is 1. The van der Waals surface area contributed by atoms with Gasteiger partial charge in [0.05, 0.1) is 5.39 Å². The maximum absolute atomic E-state index is 11.5. The molecule has 3 aromatic rings. The molecule has 0 bridgehead atoms. The zero-order valence-electron chi connectivity index (χ0n) is 13.3. The van der Waals surface area contributed by atoms with E-state index < -0.39 is 5.91 Å². The highest BCUT2D eigenvalue weighted by Crippen LogP contribution is 2.26. The molecule has 0 fully saturated rings. The lowest BCUT2D eigenvalue weighted by Crippen LogP contribution is -2.16. The van der Waals surface area contributed by atoms with E-state index in [1.165, 1.54) is 0 Å². The largest absolute Gasteiger partial charge is 0.363 e. The summed E-state index contributed by atoms with van der Waals surface area (Å²) >= 11 is 6.02. The number of nitrogens with one attached hydrogen (secondary N) is 2. The van der Waals surface area contributed by atoms with Gasteiger partial charge in [-0.05, 0) is 37.1 Å². The third-order valence-corrected chi connectivity index (χ3v) is 3.89. The maximum Gasteiger partial charge on any atom is 0.286 e. The van der Waals surface area contributed by atoms with Crippen molar-refractivity contribution in [3.05, 3.63) is 46.9 Å². The number of halogens is 1. The molecule has 124 valence electrons. The molecule has 2 aromatic heterocycles. The molecule has 0 aliphatic heterocycles. The van der Waals surface area contributed by atoms with Crippen molar-refractivity contribution in [2.24, 2.45) is 5.73 Å². The number of rotatable bonds is 6. The van der Waals surface area contributed by atoms with Gasteiger partial charge in [-0.15, -0.1) is 0 Å². The lowest BCUT2D eigenvalue weighted by atomic mass is 10.2. The van der Waals surface area contributed by atoms with Gasteiger partial charge in [0.1, 0.15) is 11.5 Å². The first-order valence-electron chi connectivity index (χ1n) is 7.79. The number of aryl methyl sites for hydroxylation is 1. The number of primary amides is 1. The van der Waals surface area contributed by atoms with Crippen molar-refractivity contribution in [1.82, 2.24) is 15.0 Å². The van der Waals surface area contributed by atoms with Crippen LogP contribution in [0.3, 0.4) is 0 Å². The van der Waals surface area contributed by atoms with Crippen LogP contribution in [0.2, 0.25) is 5.02 Å². The van der Waals surface area contributed by atoms with Crippen LogP contribution in [0.4, 0.5) is 11.5 Å². The summed E-state index contributed by atoms with van der Waals surface area (Å²) in [6, 6.07) is 9.28. The first-order chi connectivity index (χ1) is 11.6. The van der Waals surface area contributed by atoms with Crippen LogP contribution in [0.5, 0.6) is 0 Å². The van der Waals surface area contributed by atoms with Gasteiger partial charge in [-0.3, -0.25) is 4.79 Å². The summed E-state index contributed by atoms with van der Waals surface area (Å²) < 4.78 is 0. The van der Waals surface area contributed by atoms with Gasteiger partial charge in [-0.1, -0.05) is 31.0 Å². The number of fused-ring (bicyclic) bond motifs is 1. The van der Waals surface area contributed by atoms with Crippen molar-refractivity contribution in [3.63, 3.8) is 0 Å². The average molecular weight is 344 g/mol. The second kappa shape index (κ2) is 6.88. The highest BCUT2D eigenvalue weighted by Gasteiger charge is 2.14. The summed E-state index contributed by atoms with van der Waals surface area (Å²) in [5.74, 6) is -0.179. The number of amides is 1. The number of unbranched alkanes of at least 4 members (excludes halogenated alkanes) is 1. The van der Waals surface area contributed by atoms with Crippen LogP contribution in [-0.2, 0) is 6.42 Å². The Balaban J connectivity index is 2.05. The zero-order valence-corrected chi connectivity index (χ0v) is 14.0. The maximum atomic E-state index is 11.5. The summed E-state index contributed by atoms with van der Waals surface area (Å²) in [7, 11) is 0. The van der Waals surface area contributed by atoms with E-state index in [4.69, 9.17) is 17.3 Å². The molecule has 1 amide bonds. The first-order valence-corrected chi connectivity index (χ1v) is 8.16. The predicted octanol–water partition coefficient (Wildman–Crippen LogP) is 3.80. The van der Waals surface area contributed by atoms with Crippen LogP contribution in [0, 0.1) is 0 Å². The smallest absolute Gasteiger partial charge is 0.286 e. The summed E-state index contributed by atoms with van der Waals surface area (Å²) in [6.07, 6.45) is 3.08. The number of hydrogen-bond donors (Lipinski definition) is 3. The summed E-state index contributed by atoms with van der Waals surface area (Å²) in [5, 5.41) is 4.61. The molecule has 2 heterocycles. The highest BCUT2D eigenvalue weighted by atomic mass is 35.5. The number of carbonyl (C=O) groups is 1. The number of aromatic amines is 1. The molecular formula is C17H18ClN5O. The number of carbonyl (C=O) groups excluding carboxylic acids is 1. The number of aromatic nitrogens is 3. The molecule has 24 heavy (non-hydrogen) atoms. The standard InChI is InChI=1S/C17H18ClN5O/c1-2-3-6-12-9-13-15(20-11-7-4-5-10(18)8-11)22-17(14(19)24)23-16(13)21-12/h4-5,7-9H,2-3,6H2,1H3,(H2,19,24)(H2,20,21,22,23). The Labute approximate surface area is 144 Å². The molecule has 0 saturated carbocycles. The Kier molecular flexibility index (Phi) is 4.66. The molecule has 7 heteroatoms. The van der Waals surface area contributed by atoms with Crippen LogP contribution in [-0.4, -0.2) is 20.9 Å². The van der Waals surface area contributed by atoms with E-state index >= 15 is 0 Å². The Morgan fingerprint density at radius 3 is 2.88 bits per heavy atom. The number of anilines is 2. The van der Waals surface area contributed by atoms with E-state index in [1.807, 2.05) is 18.2 Å². The fourth-order valence-corrected chi connectivity index (χ4v) is 2.66. The minimum absolute atomic E-state index is 0.0316. The third kappa shape index (κ3) is 3.49. The molecule has 0 unspecified atom stereocenters. The van der Waals surface area contributed by atoms with Crippen LogP contribution in [0.25, 0.3) is 11.0 Å². The van der Waals surface area contributed by atoms with Gasteiger partial charge in [0.2, 0.25) is 5.82 Å². The van der Waals surface area contributed by atoms with Crippen molar-refractivity contribution in [3.8, 4) is 0 Å². The van der Waals surface area contributed by atoms with Crippen LogP contribution >= 0.6 is 11.6 Å². The van der Waals surface area contributed by atoms with Gasteiger partial charge >= 0.3 is 0 Å². The molecular weight excluding hydrogens is 326 g/mol. The zero-order chi connectivity index (χ0) is 17.1. The van der Waals surface area contributed by atoms with E-state index in [0.29, 0.717) is 16.5 Å². The van der Waals surface area contributed by atoms with Crippen LogP contribution in [0.1, 0.15) is 36.1 Å². The summed E-state index contributed by atoms with van der Waals surface area (Å²) in [4.78, 5) is 23.2. The van der Waals surface area contributed by atoms with Gasteiger partial charge in [-0.25, -0.2) is 9.97 Å². The summed E-state index contributed by atoms with van der Waals surface area (Å²) in [6.45, 7) is 2.14. The lowest BCUT2D eigenvalue weighted by Gasteiger charge is -2.08. The van der Waals surface area contributed by atoms with E-state index in [2.05, 4.69) is 27.2 Å². The quantitative estimate of drug-likeness (QED) is 0.634. The Morgan fingerprint density at radius 1 is 1.33 bits per heavy atom. The van der Waals surface area contributed by atoms with Gasteiger partial charge in [0.15, 0.2) is 0 Å². The number of nitrogens with two attached hydrogens (primary N) is 1. The molecule has 0 aliphatic rings. The Hall–Kier alpha value is -2.60. The van der Waals surface area contributed by atoms with E-state index in [0.717, 1.165) is 36.0 Å². The number of hydrogen-bond acceptors (Lipinski definition) is 4. The molecule has 0 atom stereocenters. The van der Waals surface area contributed by atoms with Crippen molar-refractivity contribution in [2.75, 3.05) is 5.32 Å². The second-order valence-corrected chi connectivity index (χ2v) is 5.99. The van der Waals surface area contributed by atoms with Gasteiger partial charge < -0.3 is 16.0 Å². The molecule has 4 N–H and O–H groups in total. The minimum atomic E-state index is -0.671. The average Bonchev–Trinajstić information content (AvgIpc) is 2.96. The van der Waals surface area contributed by atoms with Gasteiger partial charge in [0, 0.05) is 16.4 Å². The fraction of sp³-hybridized carbons (Fsp3) is 0.235. The van der Waals surface area contributed by atoms with Gasteiger partial charge in [-0.2, -0.15) is 0 Å². The van der Waals surface area contributed by atoms with Crippen molar-refractivity contribution in [2.45, 2.75) is 26.2 Å². The molecule has 3 rings (SSSR count). The SMILES string of the molecule is CCCCc1cc2c(Nc3cccc(Cl)c3)nc(C(N)=O)nc2[nH]1. The van der Waals surface area contributed by atoms with E-state index in [1.54, 1.807) is 12.1 Å². The predicted molar refractivity (Wildman–Crippen MR) is 95.8 cm³/mol. The Morgan fingerprint density at radius 2 is 2.17 bits per heavy atom. The number of nitrogens with zero attached hydrogens (tertiary/aromatic N) is 2. The fourth-order valence-electron chi connectivity index (χ4n) is 2.47. The van der Waals surface area contributed by atoms with Crippen LogP contribution in [0.15, 0.2) is 30.3 Å². The lowest BCUT2D eigenvalue weighted by molar-refractivity contribution is 0.0991. The van der Waals surface area contributed by atoms with Crippen molar-refractivity contribution >= 4 is 40.0 Å². The van der Waals surface area contributed by atoms with Gasteiger partial charge in [0.25, 0.3) is 5.91 Å². The van der Waals surface area contributed by atoms with Crippen molar-refractivity contribution < 1.29 is 4.79 Å². The topological polar surface area (TPSA) is 96.7 Å². The third-order valence-electron chi connectivity index (χ3n) is 3.65. The van der Waals surface area contributed by atoms with E-state index in [-0.39, 0.29) is 5.82 Å². The normalized spacial score (nSPS) is 10.9. The van der Waals surface area contributed by atoms with Crippen LogP contribution < -0.4 is 11.1 Å². The van der Waals surface area contributed by atoms with E-state index in [9.17, 15) is 4.79 Å². The molecule has 1 aromatic carbocycles. The monoisotopic (exact) mass is 343 g/mol. The first kappa shape index (κ1) is 16.3.